The van der Waals surface area contributed by atoms with Crippen LogP contribution in [0.4, 0.5) is 0 Å². The molecular weight excluding hydrogens is 272 g/mol. The van der Waals surface area contributed by atoms with Crippen molar-refractivity contribution in [3.05, 3.63) is 35.5 Å². The fourth-order valence-corrected chi connectivity index (χ4v) is 1.85. The second-order valence-electron chi connectivity index (χ2n) is 4.52. The van der Waals surface area contributed by atoms with Gasteiger partial charge in [-0.3, -0.25) is 0 Å². The third-order valence-corrected chi connectivity index (χ3v) is 2.83. The highest BCUT2D eigenvalue weighted by molar-refractivity contribution is 5.42. The number of aliphatic hydroxyl groups excluding tert-OH is 1. The number of hydrogen-bond donors (Lipinski definition) is 1. The molecule has 2 rings (SSSR count). The molecule has 0 aliphatic rings. The number of aryl methyl sites for hydroxylation is 1. The zero-order chi connectivity index (χ0) is 15.1. The number of hydrogen-bond acceptors (Lipinski definition) is 6. The summed E-state index contributed by atoms with van der Waals surface area (Å²) in [5, 5.41) is 13.0. The predicted octanol–water partition coefficient (Wildman–Crippen LogP) is 2.49. The van der Waals surface area contributed by atoms with Crippen molar-refractivity contribution in [2.45, 2.75) is 39.9 Å². The molecule has 0 atom stereocenters. The van der Waals surface area contributed by atoms with E-state index < -0.39 is 0 Å². The van der Waals surface area contributed by atoms with Crippen LogP contribution in [0.2, 0.25) is 0 Å². The lowest BCUT2D eigenvalue weighted by molar-refractivity contribution is 0.227. The van der Waals surface area contributed by atoms with Crippen LogP contribution in [0.5, 0.6) is 11.5 Å². The van der Waals surface area contributed by atoms with Crippen molar-refractivity contribution in [1.82, 2.24) is 10.1 Å². The molecule has 0 unspecified atom stereocenters. The highest BCUT2D eigenvalue weighted by Crippen LogP contribution is 2.29. The first-order valence-electron chi connectivity index (χ1n) is 7.07. The fourth-order valence-electron chi connectivity index (χ4n) is 1.85. The Morgan fingerprint density at radius 2 is 2.05 bits per heavy atom. The van der Waals surface area contributed by atoms with E-state index in [2.05, 4.69) is 17.1 Å². The summed E-state index contributed by atoms with van der Waals surface area (Å²) in [6.45, 7) is 4.63. The van der Waals surface area contributed by atoms with E-state index >= 15 is 0 Å². The lowest BCUT2D eigenvalue weighted by Crippen LogP contribution is -2.01. The maximum absolute atomic E-state index is 9.15. The number of nitrogens with zero attached hydrogens (tertiary/aromatic N) is 2. The first-order chi connectivity index (χ1) is 10.3. The minimum Gasteiger partial charge on any atom is -0.490 e. The molecule has 0 aliphatic carbocycles. The van der Waals surface area contributed by atoms with Gasteiger partial charge in [-0.15, -0.1) is 0 Å². The van der Waals surface area contributed by atoms with Gasteiger partial charge in [-0.1, -0.05) is 18.1 Å². The molecule has 21 heavy (non-hydrogen) atoms. The van der Waals surface area contributed by atoms with E-state index in [4.69, 9.17) is 19.1 Å². The number of benzene rings is 1. The molecule has 0 spiro atoms. The van der Waals surface area contributed by atoms with E-state index in [1.54, 1.807) is 18.2 Å². The topological polar surface area (TPSA) is 77.6 Å². The van der Waals surface area contributed by atoms with Gasteiger partial charge in [-0.05, 0) is 31.0 Å². The van der Waals surface area contributed by atoms with Crippen molar-refractivity contribution in [3.63, 3.8) is 0 Å². The molecule has 0 saturated carbocycles. The van der Waals surface area contributed by atoms with E-state index in [9.17, 15) is 0 Å². The fraction of sp³-hybridized carbons (Fsp3) is 0.467. The molecule has 1 aromatic carbocycles. The third kappa shape index (κ3) is 4.19. The number of rotatable bonds is 8. The highest BCUT2D eigenvalue weighted by Gasteiger charge is 2.10. The van der Waals surface area contributed by atoms with Crippen molar-refractivity contribution >= 4 is 0 Å². The van der Waals surface area contributed by atoms with Gasteiger partial charge in [0.25, 0.3) is 5.89 Å². The summed E-state index contributed by atoms with van der Waals surface area (Å²) >= 11 is 0. The van der Waals surface area contributed by atoms with E-state index in [1.807, 2.05) is 6.92 Å². The molecule has 1 aromatic heterocycles. The second-order valence-corrected chi connectivity index (χ2v) is 4.52. The van der Waals surface area contributed by atoms with E-state index in [-0.39, 0.29) is 13.2 Å². The number of aromatic nitrogens is 2. The Morgan fingerprint density at radius 3 is 2.76 bits per heavy atom. The van der Waals surface area contributed by atoms with Crippen LogP contribution in [-0.4, -0.2) is 21.9 Å². The van der Waals surface area contributed by atoms with Gasteiger partial charge >= 0.3 is 0 Å². The Labute approximate surface area is 123 Å². The Kier molecular flexibility index (Phi) is 5.57. The Morgan fingerprint density at radius 1 is 1.19 bits per heavy atom. The van der Waals surface area contributed by atoms with Gasteiger partial charge in [0.15, 0.2) is 23.9 Å². The minimum atomic E-state index is -0.0373. The van der Waals surface area contributed by atoms with Crippen LogP contribution in [-0.2, 0) is 19.6 Å². The van der Waals surface area contributed by atoms with Gasteiger partial charge in [-0.25, -0.2) is 0 Å². The molecule has 0 aliphatic heterocycles. The summed E-state index contributed by atoms with van der Waals surface area (Å²) in [6, 6.07) is 5.31. The van der Waals surface area contributed by atoms with Gasteiger partial charge in [0.05, 0.1) is 13.2 Å². The summed E-state index contributed by atoms with van der Waals surface area (Å²) < 4.78 is 16.3. The maximum atomic E-state index is 9.15. The smallest absolute Gasteiger partial charge is 0.264 e. The Hall–Kier alpha value is -2.08. The van der Waals surface area contributed by atoms with Crippen molar-refractivity contribution in [2.75, 3.05) is 6.61 Å². The average Bonchev–Trinajstić information content (AvgIpc) is 2.94. The summed E-state index contributed by atoms with van der Waals surface area (Å²) in [4.78, 5) is 4.24. The summed E-state index contributed by atoms with van der Waals surface area (Å²) in [6.07, 6.45) is 1.76. The number of ether oxygens (including phenoxy) is 2. The molecule has 0 amide bonds. The normalized spacial score (nSPS) is 10.6. The van der Waals surface area contributed by atoms with Crippen LogP contribution in [0.1, 0.15) is 37.5 Å². The van der Waals surface area contributed by atoms with Crippen LogP contribution in [0.25, 0.3) is 0 Å². The largest absolute Gasteiger partial charge is 0.490 e. The van der Waals surface area contributed by atoms with Gasteiger partial charge in [0.2, 0.25) is 0 Å². The SMILES string of the molecule is CCCc1noc(COc2ccc(CO)cc2OCC)n1. The quantitative estimate of drug-likeness (QED) is 0.805. The molecule has 1 N–H and O–H groups in total. The Bertz CT molecular complexity index is 569. The summed E-state index contributed by atoms with van der Waals surface area (Å²) in [7, 11) is 0. The van der Waals surface area contributed by atoms with Crippen LogP contribution in [0.15, 0.2) is 22.7 Å². The van der Waals surface area contributed by atoms with Crippen molar-refractivity contribution < 1.29 is 19.1 Å². The first-order valence-corrected chi connectivity index (χ1v) is 7.07. The standard InChI is InChI=1S/C15H20N2O4/c1-3-5-14-16-15(21-17-14)10-20-12-7-6-11(9-18)8-13(12)19-4-2/h6-8,18H,3-5,9-10H2,1-2H3. The third-order valence-electron chi connectivity index (χ3n) is 2.83. The van der Waals surface area contributed by atoms with Gasteiger partial charge in [0.1, 0.15) is 0 Å². The summed E-state index contributed by atoms with van der Waals surface area (Å²) in [5.41, 5.74) is 0.772. The van der Waals surface area contributed by atoms with E-state index in [1.165, 1.54) is 0 Å². The monoisotopic (exact) mass is 292 g/mol. The van der Waals surface area contributed by atoms with Crippen LogP contribution < -0.4 is 9.47 Å². The van der Waals surface area contributed by atoms with Crippen molar-refractivity contribution in [2.24, 2.45) is 0 Å². The molecule has 0 radical (unpaired) electrons. The van der Waals surface area contributed by atoms with Crippen LogP contribution >= 0.6 is 0 Å². The lowest BCUT2D eigenvalue weighted by atomic mass is 10.2. The summed E-state index contributed by atoms with van der Waals surface area (Å²) in [5.74, 6) is 2.31. The number of aliphatic hydroxyl groups is 1. The molecule has 1 heterocycles. The zero-order valence-corrected chi connectivity index (χ0v) is 12.3. The lowest BCUT2D eigenvalue weighted by Gasteiger charge is -2.11. The maximum Gasteiger partial charge on any atom is 0.264 e. The molecule has 0 fully saturated rings. The first kappa shape index (κ1) is 15.3. The van der Waals surface area contributed by atoms with Gasteiger partial charge < -0.3 is 19.1 Å². The molecule has 2 aromatic rings. The second kappa shape index (κ2) is 7.64. The predicted molar refractivity (Wildman–Crippen MR) is 76.2 cm³/mol. The van der Waals surface area contributed by atoms with Crippen molar-refractivity contribution in [1.29, 1.82) is 0 Å². The average molecular weight is 292 g/mol. The highest BCUT2D eigenvalue weighted by atomic mass is 16.5. The van der Waals surface area contributed by atoms with E-state index in [0.29, 0.717) is 29.8 Å². The van der Waals surface area contributed by atoms with Crippen molar-refractivity contribution in [3.8, 4) is 11.5 Å². The van der Waals surface area contributed by atoms with Gasteiger partial charge in [0, 0.05) is 6.42 Å². The Balaban J connectivity index is 2.04. The van der Waals surface area contributed by atoms with E-state index in [0.717, 1.165) is 18.4 Å². The van der Waals surface area contributed by atoms with Crippen LogP contribution in [0, 0.1) is 0 Å². The minimum absolute atomic E-state index is 0.0373. The molecule has 114 valence electrons. The van der Waals surface area contributed by atoms with Crippen LogP contribution in [0.3, 0.4) is 0 Å². The molecule has 6 nitrogen and oxygen atoms in total. The molecule has 6 heteroatoms. The van der Waals surface area contributed by atoms with Gasteiger partial charge in [-0.2, -0.15) is 4.98 Å². The molecule has 0 saturated heterocycles. The molecule has 0 bridgehead atoms. The zero-order valence-electron chi connectivity index (χ0n) is 12.3. The molecular formula is C15H20N2O4.